The molecule has 0 saturated heterocycles. The van der Waals surface area contributed by atoms with E-state index >= 15 is 0 Å². The van der Waals surface area contributed by atoms with E-state index in [1.54, 1.807) is 11.3 Å². The maximum atomic E-state index is 11.9. The Labute approximate surface area is 157 Å². The molecule has 1 aromatic heterocycles. The predicted molar refractivity (Wildman–Crippen MR) is 110 cm³/mol. The second-order valence-electron chi connectivity index (χ2n) is 7.95. The molecule has 0 atom stereocenters. The van der Waals surface area contributed by atoms with E-state index in [9.17, 15) is 4.79 Å². The zero-order valence-corrected chi connectivity index (χ0v) is 16.2. The number of aromatic nitrogens is 1. The Morgan fingerprint density at radius 2 is 1.85 bits per heavy atom. The fourth-order valence-corrected chi connectivity index (χ4v) is 4.55. The number of Topliss-reactive ketones (excluding diaryl/α,β-unsaturated/α-hetero) is 1. The van der Waals surface area contributed by atoms with E-state index in [1.165, 1.54) is 10.3 Å². The first kappa shape index (κ1) is 17.1. The van der Waals surface area contributed by atoms with Gasteiger partial charge in [-0.1, -0.05) is 19.9 Å². The number of benzene rings is 2. The molecule has 0 spiro atoms. The lowest BCUT2D eigenvalue weighted by molar-refractivity contribution is -0.120. The molecule has 1 saturated carbocycles. The van der Waals surface area contributed by atoms with Gasteiger partial charge in [-0.15, -0.1) is 11.3 Å². The van der Waals surface area contributed by atoms with Gasteiger partial charge >= 0.3 is 0 Å². The highest BCUT2D eigenvalue weighted by Gasteiger charge is 2.30. The van der Waals surface area contributed by atoms with Gasteiger partial charge in [0.05, 0.1) is 15.9 Å². The summed E-state index contributed by atoms with van der Waals surface area (Å²) in [5.41, 5.74) is 5.31. The zero-order valence-electron chi connectivity index (χ0n) is 15.4. The molecule has 1 aliphatic carbocycles. The van der Waals surface area contributed by atoms with E-state index in [4.69, 9.17) is 9.98 Å². The molecular formula is C22H22N2OS. The fourth-order valence-electron chi connectivity index (χ4n) is 3.60. The first-order valence-electron chi connectivity index (χ1n) is 8.94. The van der Waals surface area contributed by atoms with E-state index in [-0.39, 0.29) is 5.41 Å². The number of fused-ring (bicyclic) bond motifs is 1. The molecular weight excluding hydrogens is 340 g/mol. The van der Waals surface area contributed by atoms with Crippen molar-refractivity contribution in [3.05, 3.63) is 48.0 Å². The molecule has 4 rings (SSSR count). The SMILES string of the molecule is Cc1ccc2sc(-c3ccc(N=C4CC(=O)CC(C)(C)C4)cc3)nc2c1. The predicted octanol–water partition coefficient (Wildman–Crippen LogP) is 6.12. The van der Waals surface area contributed by atoms with E-state index < -0.39 is 0 Å². The average Bonchev–Trinajstić information content (AvgIpc) is 2.96. The molecule has 4 heteroatoms. The second-order valence-corrected chi connectivity index (χ2v) is 8.98. The minimum Gasteiger partial charge on any atom is -0.299 e. The van der Waals surface area contributed by atoms with Crippen LogP contribution in [0, 0.1) is 12.3 Å². The molecule has 3 aromatic rings. The van der Waals surface area contributed by atoms with Crippen LogP contribution in [0.3, 0.4) is 0 Å². The Morgan fingerprint density at radius 1 is 1.08 bits per heavy atom. The molecule has 3 nitrogen and oxygen atoms in total. The maximum Gasteiger partial charge on any atom is 0.139 e. The van der Waals surface area contributed by atoms with Crippen molar-refractivity contribution >= 4 is 38.7 Å². The van der Waals surface area contributed by atoms with Crippen LogP contribution in [0.5, 0.6) is 0 Å². The molecule has 0 amide bonds. The highest BCUT2D eigenvalue weighted by Crippen LogP contribution is 2.34. The largest absolute Gasteiger partial charge is 0.299 e. The lowest BCUT2D eigenvalue weighted by Crippen LogP contribution is -2.28. The summed E-state index contributed by atoms with van der Waals surface area (Å²) in [6.07, 6.45) is 2.03. The Balaban J connectivity index is 1.60. The number of hydrogen-bond acceptors (Lipinski definition) is 4. The van der Waals surface area contributed by atoms with Gasteiger partial charge in [-0.2, -0.15) is 0 Å². The highest BCUT2D eigenvalue weighted by molar-refractivity contribution is 7.21. The molecule has 0 bridgehead atoms. The van der Waals surface area contributed by atoms with Crippen molar-refractivity contribution in [3.63, 3.8) is 0 Å². The van der Waals surface area contributed by atoms with Crippen LogP contribution in [-0.4, -0.2) is 16.5 Å². The Morgan fingerprint density at radius 3 is 2.58 bits per heavy atom. The van der Waals surface area contributed by atoms with Crippen molar-refractivity contribution in [2.24, 2.45) is 10.4 Å². The summed E-state index contributed by atoms with van der Waals surface area (Å²) in [4.78, 5) is 21.4. The van der Waals surface area contributed by atoms with Gasteiger partial charge in [-0.3, -0.25) is 9.79 Å². The van der Waals surface area contributed by atoms with Crippen LogP contribution in [0.15, 0.2) is 47.5 Å². The number of carbonyl (C=O) groups is 1. The minimum atomic E-state index is 0.0211. The van der Waals surface area contributed by atoms with Crippen molar-refractivity contribution < 1.29 is 4.79 Å². The van der Waals surface area contributed by atoms with Crippen molar-refractivity contribution in [2.45, 2.75) is 40.0 Å². The third kappa shape index (κ3) is 3.61. The van der Waals surface area contributed by atoms with Crippen LogP contribution in [0.4, 0.5) is 5.69 Å². The Hall–Kier alpha value is -2.33. The summed E-state index contributed by atoms with van der Waals surface area (Å²) in [6, 6.07) is 14.6. The number of ketones is 1. The molecule has 132 valence electrons. The number of rotatable bonds is 2. The first-order chi connectivity index (χ1) is 12.4. The number of nitrogens with zero attached hydrogens (tertiary/aromatic N) is 2. The van der Waals surface area contributed by atoms with Crippen molar-refractivity contribution in [2.75, 3.05) is 0 Å². The van der Waals surface area contributed by atoms with E-state index in [0.717, 1.165) is 33.9 Å². The summed E-state index contributed by atoms with van der Waals surface area (Å²) in [6.45, 7) is 6.36. The van der Waals surface area contributed by atoms with Gasteiger partial charge in [-0.25, -0.2) is 4.98 Å². The number of hydrogen-bond donors (Lipinski definition) is 0. The molecule has 1 fully saturated rings. The Bertz CT molecular complexity index is 1010. The minimum absolute atomic E-state index is 0.0211. The van der Waals surface area contributed by atoms with E-state index in [2.05, 4.69) is 51.1 Å². The summed E-state index contributed by atoms with van der Waals surface area (Å²) in [5.74, 6) is 0.293. The van der Waals surface area contributed by atoms with Gasteiger partial charge in [-0.05, 0) is 60.7 Å². The van der Waals surface area contributed by atoms with Gasteiger partial charge in [0.2, 0.25) is 0 Å². The lowest BCUT2D eigenvalue weighted by Gasteiger charge is -2.29. The van der Waals surface area contributed by atoms with Crippen molar-refractivity contribution in [1.82, 2.24) is 4.98 Å². The first-order valence-corrected chi connectivity index (χ1v) is 9.75. The third-order valence-corrected chi connectivity index (χ3v) is 5.79. The third-order valence-electron chi connectivity index (χ3n) is 4.70. The maximum absolute atomic E-state index is 11.9. The number of aryl methyl sites for hydroxylation is 1. The lowest BCUT2D eigenvalue weighted by atomic mass is 9.76. The van der Waals surface area contributed by atoms with Crippen LogP contribution in [0.1, 0.15) is 38.7 Å². The van der Waals surface area contributed by atoms with Crippen LogP contribution in [0.25, 0.3) is 20.8 Å². The molecule has 0 N–H and O–H groups in total. The van der Waals surface area contributed by atoms with Gasteiger partial charge < -0.3 is 0 Å². The molecule has 1 heterocycles. The molecule has 0 radical (unpaired) electrons. The standard InChI is InChI=1S/C22H22N2OS/c1-14-4-9-20-19(10-14)24-21(26-20)15-5-7-16(8-6-15)23-17-11-18(25)13-22(2,3)12-17/h4-10H,11-13H2,1-3H3. The van der Waals surface area contributed by atoms with Gasteiger partial charge in [0.25, 0.3) is 0 Å². The average molecular weight is 362 g/mol. The molecule has 1 aliphatic rings. The van der Waals surface area contributed by atoms with E-state index in [0.29, 0.717) is 18.6 Å². The van der Waals surface area contributed by atoms with Crippen molar-refractivity contribution in [3.8, 4) is 10.6 Å². The Kier molecular flexibility index (Phi) is 4.23. The molecule has 0 unspecified atom stereocenters. The number of thiazole rings is 1. The number of aliphatic imine (C=N–C) groups is 1. The van der Waals surface area contributed by atoms with Crippen LogP contribution in [0.2, 0.25) is 0 Å². The molecule has 26 heavy (non-hydrogen) atoms. The van der Waals surface area contributed by atoms with Crippen LogP contribution < -0.4 is 0 Å². The number of carbonyl (C=O) groups excluding carboxylic acids is 1. The fraction of sp³-hybridized carbons (Fsp3) is 0.318. The zero-order chi connectivity index (χ0) is 18.3. The van der Waals surface area contributed by atoms with Crippen molar-refractivity contribution in [1.29, 1.82) is 0 Å². The summed E-state index contributed by atoms with van der Waals surface area (Å²) < 4.78 is 1.21. The summed E-state index contributed by atoms with van der Waals surface area (Å²) in [7, 11) is 0. The van der Waals surface area contributed by atoms with Gasteiger partial charge in [0, 0.05) is 24.1 Å². The second kappa shape index (κ2) is 6.44. The topological polar surface area (TPSA) is 42.3 Å². The normalized spacial score (nSPS) is 18.6. The van der Waals surface area contributed by atoms with Gasteiger partial charge in [0.1, 0.15) is 10.8 Å². The molecule has 0 aliphatic heterocycles. The molecule has 2 aromatic carbocycles. The van der Waals surface area contributed by atoms with Gasteiger partial charge in [0.15, 0.2) is 0 Å². The smallest absolute Gasteiger partial charge is 0.139 e. The van der Waals surface area contributed by atoms with E-state index in [1.807, 2.05) is 12.1 Å². The van der Waals surface area contributed by atoms with Crippen LogP contribution >= 0.6 is 11.3 Å². The quantitative estimate of drug-likeness (QED) is 0.551. The summed E-state index contributed by atoms with van der Waals surface area (Å²) >= 11 is 1.71. The van der Waals surface area contributed by atoms with Crippen LogP contribution in [-0.2, 0) is 4.79 Å². The highest BCUT2D eigenvalue weighted by atomic mass is 32.1. The monoisotopic (exact) mass is 362 g/mol. The summed E-state index contributed by atoms with van der Waals surface area (Å²) in [5, 5.41) is 1.03.